The number of rotatable bonds is 0. The fraction of sp³-hybridized carbons (Fsp3) is 1.00. The smallest absolute Gasteiger partial charge is 0.146 e. The summed E-state index contributed by atoms with van der Waals surface area (Å²) in [5.41, 5.74) is 0. The van der Waals surface area contributed by atoms with Crippen molar-refractivity contribution in [2.75, 3.05) is 0 Å². The largest absolute Gasteiger partial charge is 0.264 e. The average molecular weight is 333 g/mol. The minimum Gasteiger partial charge on any atom is -0.146 e. The van der Waals surface area contributed by atoms with Crippen LogP contribution in [0.15, 0.2) is 0 Å². The van der Waals surface area contributed by atoms with Crippen LogP contribution in [-0.2, 0) is 0 Å². The van der Waals surface area contributed by atoms with E-state index in [-0.39, 0.29) is 4.45 Å². The molecule has 1 heterocycles. The predicted octanol–water partition coefficient (Wildman–Crippen LogP) is 4.14. The number of hydrogen-bond donors (Lipinski definition) is 0. The Morgan fingerprint density at radius 2 is 1.64 bits per heavy atom. The minimum atomic E-state index is -2.06. The number of halogens is 5. The lowest BCUT2D eigenvalue weighted by Crippen LogP contribution is -2.43. The van der Waals surface area contributed by atoms with Crippen LogP contribution in [0.1, 0.15) is 0 Å². The summed E-state index contributed by atoms with van der Waals surface area (Å²) in [5.74, 6) is 0. The molecule has 0 N–H and O–H groups in total. The van der Waals surface area contributed by atoms with Crippen LogP contribution < -0.4 is 0 Å². The Bertz CT molecular complexity index is 162. The highest BCUT2D eigenvalue weighted by molar-refractivity contribution is 9.10. The van der Waals surface area contributed by atoms with Crippen molar-refractivity contribution in [1.82, 2.24) is 0 Å². The zero-order valence-corrected chi connectivity index (χ0v) is 12.2. The van der Waals surface area contributed by atoms with Gasteiger partial charge in [-0.05, 0) is 18.1 Å². The fourth-order valence-corrected chi connectivity index (χ4v) is 17.1. The summed E-state index contributed by atoms with van der Waals surface area (Å²) in [6.07, 6.45) is 0. The lowest BCUT2D eigenvalue weighted by Gasteiger charge is -2.33. The van der Waals surface area contributed by atoms with E-state index in [0.717, 1.165) is 18.1 Å². The normalized spacial score (nSPS) is 35.2. The van der Waals surface area contributed by atoms with E-state index in [9.17, 15) is 0 Å². The first kappa shape index (κ1) is 11.2. The van der Waals surface area contributed by atoms with Crippen molar-refractivity contribution in [3.63, 3.8) is 0 Å². The summed E-state index contributed by atoms with van der Waals surface area (Å²) in [7, 11) is 0. The molecule has 1 atom stereocenters. The lowest BCUT2D eigenvalue weighted by atomic mass is 10.9. The van der Waals surface area contributed by atoms with Gasteiger partial charge < -0.3 is 0 Å². The van der Waals surface area contributed by atoms with Gasteiger partial charge in [0.1, 0.15) is 0 Å². The molecule has 0 aromatic carbocycles. The van der Waals surface area contributed by atoms with E-state index in [1.54, 1.807) is 0 Å². The van der Waals surface area contributed by atoms with E-state index in [1.165, 1.54) is 0 Å². The topological polar surface area (TPSA) is 0 Å². The van der Waals surface area contributed by atoms with Crippen LogP contribution in [0.4, 0.5) is 0 Å². The fourth-order valence-electron chi connectivity index (χ4n) is 1.02. The summed E-state index contributed by atoms with van der Waals surface area (Å²) >= 11 is 27.8. The SMILES string of the molecule is Cl[Si]1(Cl)CC[Si](Cl)(Cl)C(Br)C1. The molecule has 0 saturated carbocycles. The third kappa shape index (κ3) is 3.04. The van der Waals surface area contributed by atoms with E-state index in [1.807, 2.05) is 0 Å². The Morgan fingerprint density at radius 1 is 1.09 bits per heavy atom. The van der Waals surface area contributed by atoms with Crippen LogP contribution in [0.5, 0.6) is 0 Å². The Labute approximate surface area is 95.5 Å². The molecule has 0 spiro atoms. The third-order valence-corrected chi connectivity index (χ3v) is 16.3. The molecule has 66 valence electrons. The summed E-state index contributed by atoms with van der Waals surface area (Å²) in [4.78, 5) is 0. The number of alkyl halides is 1. The Balaban J connectivity index is 2.63. The molecular weight excluding hydrogens is 326 g/mol. The molecule has 0 nitrogen and oxygen atoms in total. The summed E-state index contributed by atoms with van der Waals surface area (Å²) in [5, 5.41) is 0. The molecule has 0 aliphatic carbocycles. The maximum Gasteiger partial charge on any atom is 0.264 e. The monoisotopic (exact) mass is 330 g/mol. The standard InChI is InChI=1S/C4H7BrCl4Si2/c5-4-3-10(6,7)1-2-11(4,8)9/h4H,1-3H2. The molecule has 1 aliphatic heterocycles. The molecule has 0 radical (unpaired) electrons. The van der Waals surface area contributed by atoms with Gasteiger partial charge in [-0.3, -0.25) is 0 Å². The average Bonchev–Trinajstić information content (AvgIpc) is 1.81. The first-order chi connectivity index (χ1) is 4.83. The van der Waals surface area contributed by atoms with Gasteiger partial charge in [0.15, 0.2) is 0 Å². The molecule has 1 rings (SSSR count). The highest BCUT2D eigenvalue weighted by Gasteiger charge is 2.49. The van der Waals surface area contributed by atoms with Crippen molar-refractivity contribution >= 4 is 73.6 Å². The van der Waals surface area contributed by atoms with Gasteiger partial charge in [0.2, 0.25) is 0 Å². The van der Waals surface area contributed by atoms with Crippen molar-refractivity contribution in [3.8, 4) is 0 Å². The third-order valence-electron chi connectivity index (χ3n) is 1.76. The van der Waals surface area contributed by atoms with Crippen molar-refractivity contribution in [2.45, 2.75) is 22.6 Å². The number of hydrogen-bond acceptors (Lipinski definition) is 0. The van der Waals surface area contributed by atoms with Crippen LogP contribution in [0.2, 0.25) is 18.1 Å². The second-order valence-electron chi connectivity index (χ2n) is 2.79. The van der Waals surface area contributed by atoms with Gasteiger partial charge in [-0.15, -0.1) is 44.3 Å². The van der Waals surface area contributed by atoms with Crippen LogP contribution in [-0.4, -0.2) is 17.8 Å². The van der Waals surface area contributed by atoms with Gasteiger partial charge in [-0.1, -0.05) is 15.9 Å². The Morgan fingerprint density at radius 3 is 2.00 bits per heavy atom. The van der Waals surface area contributed by atoms with Crippen molar-refractivity contribution in [2.24, 2.45) is 0 Å². The van der Waals surface area contributed by atoms with Gasteiger partial charge in [-0.2, -0.15) is 0 Å². The van der Waals surface area contributed by atoms with Crippen LogP contribution in [0, 0.1) is 0 Å². The molecule has 0 aromatic rings. The molecule has 1 unspecified atom stereocenters. The molecule has 0 bridgehead atoms. The van der Waals surface area contributed by atoms with E-state index in [4.69, 9.17) is 44.3 Å². The van der Waals surface area contributed by atoms with Crippen molar-refractivity contribution in [3.05, 3.63) is 0 Å². The molecule has 1 saturated heterocycles. The minimum absolute atomic E-state index is 0.175. The molecule has 0 aromatic heterocycles. The summed E-state index contributed by atoms with van der Waals surface area (Å²) < 4.78 is 0.175. The molecule has 1 aliphatic rings. The molecule has 7 heteroatoms. The lowest BCUT2D eigenvalue weighted by molar-refractivity contribution is 1.19. The van der Waals surface area contributed by atoms with Gasteiger partial charge in [0, 0.05) is 4.45 Å². The van der Waals surface area contributed by atoms with E-state index in [2.05, 4.69) is 15.9 Å². The van der Waals surface area contributed by atoms with Gasteiger partial charge in [0.05, 0.1) is 0 Å². The second-order valence-corrected chi connectivity index (χ2v) is 19.6. The van der Waals surface area contributed by atoms with E-state index < -0.39 is 13.4 Å². The van der Waals surface area contributed by atoms with E-state index >= 15 is 0 Å². The Hall–Kier alpha value is 2.07. The quantitative estimate of drug-likeness (QED) is 0.355. The van der Waals surface area contributed by atoms with Gasteiger partial charge >= 0.3 is 0 Å². The second kappa shape index (κ2) is 3.67. The summed E-state index contributed by atoms with van der Waals surface area (Å²) in [6, 6.07) is 2.46. The maximum absolute atomic E-state index is 6.11. The maximum atomic E-state index is 6.11. The van der Waals surface area contributed by atoms with Gasteiger partial charge in [0.25, 0.3) is 13.4 Å². The molecule has 0 amide bonds. The molecular formula is C4H7BrCl4Si2. The van der Waals surface area contributed by atoms with Crippen LogP contribution in [0.3, 0.4) is 0 Å². The highest BCUT2D eigenvalue weighted by Crippen LogP contribution is 2.46. The van der Waals surface area contributed by atoms with Crippen molar-refractivity contribution < 1.29 is 0 Å². The van der Waals surface area contributed by atoms with E-state index in [0.29, 0.717) is 0 Å². The summed E-state index contributed by atoms with van der Waals surface area (Å²) in [6.45, 7) is -4.03. The first-order valence-corrected chi connectivity index (χ1v) is 12.9. The first-order valence-electron chi connectivity index (χ1n) is 3.23. The zero-order valence-electron chi connectivity index (χ0n) is 5.59. The van der Waals surface area contributed by atoms with Crippen LogP contribution >= 0.6 is 60.2 Å². The predicted molar refractivity (Wildman–Crippen MR) is 62.1 cm³/mol. The van der Waals surface area contributed by atoms with Crippen LogP contribution in [0.25, 0.3) is 0 Å². The Kier molecular flexibility index (Phi) is 3.72. The van der Waals surface area contributed by atoms with Crippen molar-refractivity contribution in [1.29, 1.82) is 0 Å². The molecule has 11 heavy (non-hydrogen) atoms. The zero-order chi connectivity index (χ0) is 8.70. The molecule has 1 fully saturated rings. The van der Waals surface area contributed by atoms with Gasteiger partial charge in [-0.25, -0.2) is 0 Å². The highest BCUT2D eigenvalue weighted by atomic mass is 79.9.